The van der Waals surface area contributed by atoms with E-state index in [-0.39, 0.29) is 40.4 Å². The number of hydrogen-bond acceptors (Lipinski definition) is 7. The fourth-order valence-electron chi connectivity index (χ4n) is 5.84. The lowest BCUT2D eigenvalue weighted by molar-refractivity contribution is -0.124. The van der Waals surface area contributed by atoms with Gasteiger partial charge in [-0.05, 0) is 100 Å². The molecule has 1 saturated heterocycles. The third kappa shape index (κ3) is 6.70. The molecule has 4 aromatic rings. The number of benzene rings is 2. The molecule has 3 heterocycles. The number of halogens is 1. The van der Waals surface area contributed by atoms with E-state index in [0.717, 1.165) is 49.9 Å². The standard InChI is InChI=1S/C33H36FN5O6S/c1-20-3-8-24(9-4-20)46(43,44)39-19-25(22-6-7-22)30-29(11-14-35-31(30)39)45-28-10-5-21(17-26(28)34)18-27(37-33(41)42)32(40)36-23-12-15-38(2)16-13-23/h3-5,8-11,14,17,19,22-23,27,37H,6-7,12-13,15-16,18H2,1-2H3,(H,36,40)(H,41,42). The second-order valence-corrected chi connectivity index (χ2v) is 14.0. The van der Waals surface area contributed by atoms with Crippen LogP contribution in [0.2, 0.25) is 0 Å². The van der Waals surface area contributed by atoms with E-state index in [4.69, 9.17) is 4.74 Å². The van der Waals surface area contributed by atoms with Crippen molar-refractivity contribution in [3.63, 3.8) is 0 Å². The van der Waals surface area contributed by atoms with Crippen LogP contribution in [-0.4, -0.2) is 71.6 Å². The first-order valence-electron chi connectivity index (χ1n) is 15.3. The molecule has 2 fully saturated rings. The van der Waals surface area contributed by atoms with Gasteiger partial charge in [0.1, 0.15) is 11.8 Å². The Morgan fingerprint density at radius 3 is 2.43 bits per heavy atom. The predicted molar refractivity (Wildman–Crippen MR) is 169 cm³/mol. The Bertz CT molecular complexity index is 1880. The van der Waals surface area contributed by atoms with Gasteiger partial charge >= 0.3 is 6.09 Å². The van der Waals surface area contributed by atoms with E-state index in [0.29, 0.717) is 10.9 Å². The Labute approximate surface area is 266 Å². The lowest BCUT2D eigenvalue weighted by Crippen LogP contribution is -2.52. The minimum atomic E-state index is -3.97. The van der Waals surface area contributed by atoms with E-state index in [9.17, 15) is 23.1 Å². The lowest BCUT2D eigenvalue weighted by Gasteiger charge is -2.30. The number of likely N-dealkylation sites (tertiary alicyclic amines) is 1. The first-order chi connectivity index (χ1) is 22.0. The van der Waals surface area contributed by atoms with E-state index in [2.05, 4.69) is 20.5 Å². The molecule has 1 saturated carbocycles. The topological polar surface area (TPSA) is 143 Å². The fraction of sp³-hybridized carbons (Fsp3) is 0.364. The second-order valence-electron chi connectivity index (χ2n) is 12.1. The summed E-state index contributed by atoms with van der Waals surface area (Å²) in [4.78, 5) is 31.2. The monoisotopic (exact) mass is 649 g/mol. The molecule has 1 atom stereocenters. The van der Waals surface area contributed by atoms with Crippen molar-refractivity contribution in [1.29, 1.82) is 0 Å². The van der Waals surface area contributed by atoms with Crippen molar-refractivity contribution in [3.05, 3.63) is 83.4 Å². The van der Waals surface area contributed by atoms with Gasteiger partial charge in [-0.3, -0.25) is 4.79 Å². The molecule has 0 bridgehead atoms. The van der Waals surface area contributed by atoms with Crippen LogP contribution in [0.4, 0.5) is 9.18 Å². The maximum absolute atomic E-state index is 15.5. The molecule has 1 unspecified atom stereocenters. The van der Waals surface area contributed by atoms with Gasteiger partial charge in [-0.1, -0.05) is 23.8 Å². The Morgan fingerprint density at radius 1 is 1.07 bits per heavy atom. The number of pyridine rings is 1. The third-order valence-corrected chi connectivity index (χ3v) is 10.2. The van der Waals surface area contributed by atoms with Crippen molar-refractivity contribution >= 4 is 33.1 Å². The number of hydrogen-bond donors (Lipinski definition) is 3. The van der Waals surface area contributed by atoms with Crippen LogP contribution in [0.25, 0.3) is 11.0 Å². The first kappa shape index (κ1) is 31.5. The van der Waals surface area contributed by atoms with E-state index in [1.165, 1.54) is 22.3 Å². The van der Waals surface area contributed by atoms with Crippen LogP contribution in [0.15, 0.2) is 65.8 Å². The Kier molecular flexibility index (Phi) is 8.71. The highest BCUT2D eigenvalue weighted by Crippen LogP contribution is 2.47. The molecule has 242 valence electrons. The Morgan fingerprint density at radius 2 is 1.78 bits per heavy atom. The zero-order chi connectivity index (χ0) is 32.6. The van der Waals surface area contributed by atoms with Gasteiger partial charge in [0, 0.05) is 24.9 Å². The van der Waals surface area contributed by atoms with Crippen molar-refractivity contribution in [1.82, 2.24) is 24.5 Å². The van der Waals surface area contributed by atoms with Crippen molar-refractivity contribution in [2.75, 3.05) is 20.1 Å². The van der Waals surface area contributed by atoms with Crippen LogP contribution < -0.4 is 15.4 Å². The van der Waals surface area contributed by atoms with Gasteiger partial charge in [-0.2, -0.15) is 0 Å². The van der Waals surface area contributed by atoms with E-state index >= 15 is 4.39 Å². The summed E-state index contributed by atoms with van der Waals surface area (Å²) >= 11 is 0. The molecule has 2 aromatic heterocycles. The number of aromatic nitrogens is 2. The number of carbonyl (C=O) groups excluding carboxylic acids is 1. The SMILES string of the molecule is Cc1ccc(S(=O)(=O)n2cc(C3CC3)c3c(Oc4ccc(CC(NC(=O)O)C(=O)NC5CCN(C)CC5)cc4F)ccnc32)cc1. The molecule has 11 nitrogen and oxygen atoms in total. The van der Waals surface area contributed by atoms with Gasteiger partial charge in [-0.25, -0.2) is 26.6 Å². The number of fused-ring (bicyclic) bond motifs is 1. The number of nitrogens with zero attached hydrogens (tertiary/aromatic N) is 3. The molecular formula is C33H36FN5O6S. The fourth-order valence-corrected chi connectivity index (χ4v) is 7.17. The van der Waals surface area contributed by atoms with Crippen molar-refractivity contribution < 1.29 is 32.2 Å². The lowest BCUT2D eigenvalue weighted by atomic mass is 10.0. The van der Waals surface area contributed by atoms with Gasteiger partial charge in [-0.15, -0.1) is 0 Å². The third-order valence-electron chi connectivity index (χ3n) is 8.58. The number of nitrogens with one attached hydrogen (secondary N) is 2. The van der Waals surface area contributed by atoms with Gasteiger partial charge in [0.25, 0.3) is 10.0 Å². The largest absolute Gasteiger partial charge is 0.465 e. The molecule has 0 radical (unpaired) electrons. The summed E-state index contributed by atoms with van der Waals surface area (Å²) in [6.45, 7) is 3.53. The highest BCUT2D eigenvalue weighted by Gasteiger charge is 2.33. The van der Waals surface area contributed by atoms with Crippen molar-refractivity contribution in [3.8, 4) is 11.5 Å². The Hall–Kier alpha value is -4.49. The summed E-state index contributed by atoms with van der Waals surface area (Å²) in [5, 5.41) is 15.0. The van der Waals surface area contributed by atoms with Crippen molar-refractivity contribution in [2.45, 2.75) is 61.9 Å². The van der Waals surface area contributed by atoms with Gasteiger partial charge in [0.05, 0.1) is 10.3 Å². The number of rotatable bonds is 10. The highest BCUT2D eigenvalue weighted by molar-refractivity contribution is 7.90. The molecule has 1 aliphatic carbocycles. The highest BCUT2D eigenvalue weighted by atomic mass is 32.2. The minimum absolute atomic E-state index is 0.0613. The van der Waals surface area contributed by atoms with E-state index in [1.54, 1.807) is 42.6 Å². The van der Waals surface area contributed by atoms with Crippen LogP contribution in [0.1, 0.15) is 48.3 Å². The average Bonchev–Trinajstić information content (AvgIpc) is 3.78. The van der Waals surface area contributed by atoms with Crippen LogP contribution in [0.3, 0.4) is 0 Å². The van der Waals surface area contributed by atoms with Crippen molar-refractivity contribution in [2.24, 2.45) is 0 Å². The molecule has 2 aromatic carbocycles. The van der Waals surface area contributed by atoms with Crippen LogP contribution in [0.5, 0.6) is 11.5 Å². The number of aryl methyl sites for hydroxylation is 1. The van der Waals surface area contributed by atoms with Crippen LogP contribution in [-0.2, 0) is 21.2 Å². The summed E-state index contributed by atoms with van der Waals surface area (Å²) in [5.41, 5.74) is 2.29. The second kappa shape index (κ2) is 12.7. The van der Waals surface area contributed by atoms with E-state index < -0.39 is 33.9 Å². The molecule has 2 aliphatic rings. The van der Waals surface area contributed by atoms with E-state index in [1.807, 2.05) is 14.0 Å². The summed E-state index contributed by atoms with van der Waals surface area (Å²) in [6, 6.07) is 11.2. The van der Waals surface area contributed by atoms with Crippen LogP contribution >= 0.6 is 0 Å². The van der Waals surface area contributed by atoms with Gasteiger partial charge < -0.3 is 25.4 Å². The average molecular weight is 650 g/mol. The minimum Gasteiger partial charge on any atom is -0.465 e. The zero-order valence-corrected chi connectivity index (χ0v) is 26.4. The molecule has 2 amide bonds. The summed E-state index contributed by atoms with van der Waals surface area (Å²) in [6.07, 6.45) is 4.89. The zero-order valence-electron chi connectivity index (χ0n) is 25.6. The maximum atomic E-state index is 15.5. The quantitative estimate of drug-likeness (QED) is 0.223. The number of amides is 2. The van der Waals surface area contributed by atoms with Gasteiger partial charge in [0.2, 0.25) is 5.91 Å². The number of piperidine rings is 1. The normalized spacial score (nSPS) is 16.7. The number of carboxylic acid groups (broad SMARTS) is 1. The number of ether oxygens (including phenoxy) is 1. The molecule has 13 heteroatoms. The number of carbonyl (C=O) groups is 2. The predicted octanol–water partition coefficient (Wildman–Crippen LogP) is 4.78. The van der Waals surface area contributed by atoms with Crippen LogP contribution in [0, 0.1) is 12.7 Å². The van der Waals surface area contributed by atoms with Gasteiger partial charge in [0.15, 0.2) is 17.2 Å². The molecule has 46 heavy (non-hydrogen) atoms. The summed E-state index contributed by atoms with van der Waals surface area (Å²) in [5.74, 6) is -0.887. The Balaban J connectivity index is 1.25. The first-order valence-corrected chi connectivity index (χ1v) is 16.7. The maximum Gasteiger partial charge on any atom is 0.405 e. The molecule has 0 spiro atoms. The smallest absolute Gasteiger partial charge is 0.405 e. The molecule has 6 rings (SSSR count). The summed E-state index contributed by atoms with van der Waals surface area (Å²) in [7, 11) is -1.96. The molecule has 1 aliphatic heterocycles. The molecular weight excluding hydrogens is 613 g/mol. The summed E-state index contributed by atoms with van der Waals surface area (Å²) < 4.78 is 50.0. The molecule has 3 N–H and O–H groups in total.